The van der Waals surface area contributed by atoms with E-state index < -0.39 is 0 Å². The Morgan fingerprint density at radius 2 is 1.83 bits per heavy atom. The number of hydrogen-bond donors (Lipinski definition) is 1. The second-order valence-electron chi connectivity index (χ2n) is 5.34. The van der Waals surface area contributed by atoms with Crippen LogP contribution in [0.15, 0.2) is 58.7 Å². The van der Waals surface area contributed by atoms with Gasteiger partial charge in [-0.05, 0) is 43.2 Å². The van der Waals surface area contributed by atoms with Gasteiger partial charge in [-0.3, -0.25) is 4.99 Å². The van der Waals surface area contributed by atoms with Gasteiger partial charge in [-0.25, -0.2) is 0 Å². The number of rotatable bonds is 6. The highest BCUT2D eigenvalue weighted by atomic mass is 16.6. The summed E-state index contributed by atoms with van der Waals surface area (Å²) in [7, 11) is 3.21. The van der Waals surface area contributed by atoms with Gasteiger partial charge >= 0.3 is 0 Å². The first-order chi connectivity index (χ1) is 11.6. The molecule has 0 saturated heterocycles. The van der Waals surface area contributed by atoms with Crippen LogP contribution in [-0.2, 0) is 4.84 Å². The number of oxime groups is 1. The molecule has 1 N–H and O–H groups in total. The summed E-state index contributed by atoms with van der Waals surface area (Å²) < 4.78 is 5.92. The molecule has 0 atom stereocenters. The van der Waals surface area contributed by atoms with Gasteiger partial charge in [-0.1, -0.05) is 35.5 Å². The van der Waals surface area contributed by atoms with Crippen LogP contribution in [0.2, 0.25) is 0 Å². The summed E-state index contributed by atoms with van der Waals surface area (Å²) in [6.45, 7) is 4.30. The quantitative estimate of drug-likeness (QED) is 0.499. The molecule has 0 aromatic heterocycles. The summed E-state index contributed by atoms with van der Waals surface area (Å²) in [5.74, 6) is 1.43. The van der Waals surface area contributed by atoms with E-state index in [1.807, 2.05) is 56.3 Å². The normalized spacial score (nSPS) is 12.0. The molecule has 5 heteroatoms. The van der Waals surface area contributed by atoms with E-state index in [0.717, 1.165) is 22.6 Å². The molecule has 126 valence electrons. The second kappa shape index (κ2) is 8.72. The maximum absolute atomic E-state index is 5.92. The number of anilines is 1. The SMILES string of the molecule is CN=C(Nc1ccccc1)C(COc1cc(C)ccc1C)=NOC. The largest absolute Gasteiger partial charge is 0.487 e. The highest BCUT2D eigenvalue weighted by Gasteiger charge is 2.12. The van der Waals surface area contributed by atoms with E-state index in [4.69, 9.17) is 9.57 Å². The van der Waals surface area contributed by atoms with Crippen LogP contribution >= 0.6 is 0 Å². The average molecular weight is 325 g/mol. The van der Waals surface area contributed by atoms with Crippen molar-refractivity contribution in [3.8, 4) is 5.75 Å². The van der Waals surface area contributed by atoms with Crippen LogP contribution < -0.4 is 10.1 Å². The summed E-state index contributed by atoms with van der Waals surface area (Å²) in [5, 5.41) is 7.29. The molecule has 24 heavy (non-hydrogen) atoms. The van der Waals surface area contributed by atoms with Crippen LogP contribution in [-0.4, -0.2) is 32.3 Å². The fourth-order valence-electron chi connectivity index (χ4n) is 2.17. The molecule has 0 aliphatic carbocycles. The minimum absolute atomic E-state index is 0.255. The van der Waals surface area contributed by atoms with Crippen molar-refractivity contribution in [2.24, 2.45) is 10.1 Å². The van der Waals surface area contributed by atoms with Crippen LogP contribution in [0.1, 0.15) is 11.1 Å². The van der Waals surface area contributed by atoms with E-state index in [0.29, 0.717) is 11.5 Å². The number of amidine groups is 1. The van der Waals surface area contributed by atoms with E-state index in [9.17, 15) is 0 Å². The molecule has 0 heterocycles. The Labute approximate surface area is 143 Å². The predicted octanol–water partition coefficient (Wildman–Crippen LogP) is 3.83. The first-order valence-corrected chi connectivity index (χ1v) is 7.73. The molecule has 0 radical (unpaired) electrons. The lowest BCUT2D eigenvalue weighted by Gasteiger charge is -2.14. The van der Waals surface area contributed by atoms with Crippen LogP contribution in [0.25, 0.3) is 0 Å². The highest BCUT2D eigenvalue weighted by Crippen LogP contribution is 2.19. The van der Waals surface area contributed by atoms with Gasteiger partial charge < -0.3 is 14.9 Å². The van der Waals surface area contributed by atoms with Crippen molar-refractivity contribution in [1.29, 1.82) is 0 Å². The zero-order chi connectivity index (χ0) is 17.4. The molecule has 0 bridgehead atoms. The van der Waals surface area contributed by atoms with E-state index >= 15 is 0 Å². The van der Waals surface area contributed by atoms with Gasteiger partial charge in [0, 0.05) is 12.7 Å². The average Bonchev–Trinajstić information content (AvgIpc) is 2.60. The maximum atomic E-state index is 5.92. The number of para-hydroxylation sites is 1. The summed E-state index contributed by atoms with van der Waals surface area (Å²) in [4.78, 5) is 9.22. The summed E-state index contributed by atoms with van der Waals surface area (Å²) >= 11 is 0. The van der Waals surface area contributed by atoms with Crippen molar-refractivity contribution < 1.29 is 9.57 Å². The van der Waals surface area contributed by atoms with Gasteiger partial charge in [0.05, 0.1) is 0 Å². The predicted molar refractivity (Wildman–Crippen MR) is 99.3 cm³/mol. The molecule has 2 rings (SSSR count). The molecule has 0 unspecified atom stereocenters. The van der Waals surface area contributed by atoms with Gasteiger partial charge in [-0.2, -0.15) is 0 Å². The van der Waals surface area contributed by atoms with E-state index in [-0.39, 0.29) is 6.61 Å². The standard InChI is InChI=1S/C19H23N3O2/c1-14-10-11-15(2)18(12-14)24-13-17(22-23-4)19(20-3)21-16-8-6-5-7-9-16/h5-12H,13H2,1-4H3,(H,20,21). The summed E-state index contributed by atoms with van der Waals surface area (Å²) in [6.07, 6.45) is 0. The van der Waals surface area contributed by atoms with Crippen LogP contribution in [0, 0.1) is 13.8 Å². The zero-order valence-corrected chi connectivity index (χ0v) is 14.5. The number of nitrogens with one attached hydrogen (secondary N) is 1. The van der Waals surface area contributed by atoms with Crippen LogP contribution in [0.3, 0.4) is 0 Å². The number of aliphatic imine (C=N–C) groups is 1. The zero-order valence-electron chi connectivity index (χ0n) is 14.5. The van der Waals surface area contributed by atoms with E-state index in [1.165, 1.54) is 7.11 Å². The minimum atomic E-state index is 0.255. The van der Waals surface area contributed by atoms with Crippen molar-refractivity contribution in [3.63, 3.8) is 0 Å². The smallest absolute Gasteiger partial charge is 0.159 e. The van der Waals surface area contributed by atoms with Gasteiger partial charge in [0.25, 0.3) is 0 Å². The first kappa shape index (κ1) is 17.5. The lowest BCUT2D eigenvalue weighted by molar-refractivity contribution is 0.211. The Hall–Kier alpha value is -2.82. The fourth-order valence-corrected chi connectivity index (χ4v) is 2.17. The molecule has 2 aromatic carbocycles. The third kappa shape index (κ3) is 4.84. The van der Waals surface area contributed by atoms with Crippen molar-refractivity contribution in [2.75, 3.05) is 26.1 Å². The Bertz CT molecular complexity index is 725. The van der Waals surface area contributed by atoms with Gasteiger partial charge in [0.15, 0.2) is 11.5 Å². The Balaban J connectivity index is 2.13. The van der Waals surface area contributed by atoms with Crippen LogP contribution in [0.5, 0.6) is 5.75 Å². The molecular formula is C19H23N3O2. The number of hydrogen-bond acceptors (Lipinski definition) is 4. The second-order valence-corrected chi connectivity index (χ2v) is 5.34. The molecule has 2 aromatic rings. The lowest BCUT2D eigenvalue weighted by Crippen LogP contribution is -2.29. The Morgan fingerprint density at radius 1 is 1.08 bits per heavy atom. The number of ether oxygens (including phenoxy) is 1. The van der Waals surface area contributed by atoms with E-state index in [2.05, 4.69) is 21.5 Å². The number of aryl methyl sites for hydroxylation is 2. The van der Waals surface area contributed by atoms with Gasteiger partial charge in [0.1, 0.15) is 19.5 Å². The fraction of sp³-hybridized carbons (Fsp3) is 0.263. The van der Waals surface area contributed by atoms with Crippen molar-refractivity contribution in [1.82, 2.24) is 0 Å². The lowest BCUT2D eigenvalue weighted by atomic mass is 10.1. The van der Waals surface area contributed by atoms with Crippen molar-refractivity contribution in [2.45, 2.75) is 13.8 Å². The first-order valence-electron chi connectivity index (χ1n) is 7.73. The molecule has 5 nitrogen and oxygen atoms in total. The maximum Gasteiger partial charge on any atom is 0.159 e. The van der Waals surface area contributed by atoms with Crippen molar-refractivity contribution in [3.05, 3.63) is 59.7 Å². The minimum Gasteiger partial charge on any atom is -0.487 e. The van der Waals surface area contributed by atoms with Crippen molar-refractivity contribution >= 4 is 17.2 Å². The third-order valence-corrected chi connectivity index (χ3v) is 3.44. The molecule has 0 aliphatic rings. The molecule has 0 aliphatic heterocycles. The summed E-state index contributed by atoms with van der Waals surface area (Å²) in [5.41, 5.74) is 3.73. The van der Waals surface area contributed by atoms with Gasteiger partial charge in [0.2, 0.25) is 0 Å². The molecular weight excluding hydrogens is 302 g/mol. The third-order valence-electron chi connectivity index (χ3n) is 3.44. The molecule has 0 amide bonds. The molecule has 0 fully saturated rings. The molecule has 0 saturated carbocycles. The highest BCUT2D eigenvalue weighted by molar-refractivity contribution is 6.46. The van der Waals surface area contributed by atoms with Gasteiger partial charge in [-0.15, -0.1) is 0 Å². The number of nitrogens with zero attached hydrogens (tertiary/aromatic N) is 2. The molecule has 0 spiro atoms. The summed E-state index contributed by atoms with van der Waals surface area (Å²) in [6, 6.07) is 15.9. The van der Waals surface area contributed by atoms with E-state index in [1.54, 1.807) is 7.05 Å². The topological polar surface area (TPSA) is 55.2 Å². The number of benzene rings is 2. The monoisotopic (exact) mass is 325 g/mol. The Morgan fingerprint density at radius 3 is 2.50 bits per heavy atom. The Kier molecular flexibility index (Phi) is 6.37. The van der Waals surface area contributed by atoms with Crippen LogP contribution in [0.4, 0.5) is 5.69 Å².